The van der Waals surface area contributed by atoms with Crippen molar-refractivity contribution in [2.45, 2.75) is 30.4 Å². The fourth-order valence-corrected chi connectivity index (χ4v) is 10.5. The van der Waals surface area contributed by atoms with Crippen LogP contribution in [-0.2, 0) is 30.8 Å². The fourth-order valence-electron chi connectivity index (χ4n) is 9.18. The molecule has 2 saturated heterocycles. The molecule has 59 heavy (non-hydrogen) atoms. The van der Waals surface area contributed by atoms with Crippen LogP contribution in [0, 0.1) is 23.7 Å². The number of aromatic nitrogens is 1. The second-order valence-corrected chi connectivity index (χ2v) is 17.0. The Morgan fingerprint density at radius 1 is 0.966 bits per heavy atom. The van der Waals surface area contributed by atoms with Gasteiger partial charge in [0.15, 0.2) is 17.3 Å². The number of hydrogen-bond acceptors (Lipinski definition) is 10. The predicted molar refractivity (Wildman–Crippen MR) is 216 cm³/mol. The Balaban J connectivity index is 1.34. The van der Waals surface area contributed by atoms with Crippen LogP contribution in [-0.4, -0.2) is 63.0 Å². The van der Waals surface area contributed by atoms with Gasteiger partial charge < -0.3 is 19.9 Å². The number of ether oxygens (including phenoxy) is 1. The normalized spacial score (nSPS) is 25.1. The first-order chi connectivity index (χ1) is 27.9. The van der Waals surface area contributed by atoms with E-state index >= 15 is 4.79 Å². The maximum atomic E-state index is 15.5. The smallest absolute Gasteiger partial charge is 0.488 e. The van der Waals surface area contributed by atoms with Gasteiger partial charge in [0.25, 0.3) is 11.8 Å². The topological polar surface area (TPSA) is 170 Å². The van der Waals surface area contributed by atoms with Crippen LogP contribution >= 0.6 is 55.1 Å². The van der Waals surface area contributed by atoms with Gasteiger partial charge in [0.05, 0.1) is 51.0 Å². The Kier molecular flexibility index (Phi) is 10.4. The van der Waals surface area contributed by atoms with Crippen molar-refractivity contribution in [3.05, 3.63) is 114 Å². The van der Waals surface area contributed by atoms with Crippen molar-refractivity contribution in [1.29, 1.82) is 0 Å². The van der Waals surface area contributed by atoms with Crippen LogP contribution in [0.15, 0.2) is 87.5 Å². The Morgan fingerprint density at radius 2 is 1.68 bits per heavy atom. The highest BCUT2D eigenvalue weighted by atomic mass is 79.9. The van der Waals surface area contributed by atoms with Gasteiger partial charge in [-0.1, -0.05) is 59.1 Å². The molecule has 20 heteroatoms. The van der Waals surface area contributed by atoms with Crippen LogP contribution in [0.1, 0.15) is 35.4 Å². The molecule has 3 aromatic carbocycles. The zero-order valence-electron chi connectivity index (χ0n) is 30.2. The van der Waals surface area contributed by atoms with E-state index < -0.39 is 88.3 Å². The number of nitrogens with zero attached hydrogens (tertiary/aromatic N) is 3. The maximum Gasteiger partial charge on any atom is 0.488 e. The first kappa shape index (κ1) is 41.3. The summed E-state index contributed by atoms with van der Waals surface area (Å²) in [5.74, 6) is -8.77. The van der Waals surface area contributed by atoms with Gasteiger partial charge in [0.2, 0.25) is 11.8 Å². The van der Waals surface area contributed by atoms with Gasteiger partial charge in [-0.05, 0) is 104 Å². The number of phenolic OH excluding ortho intramolecular Hbond substituents is 1. The molecule has 0 spiro atoms. The molecule has 3 fully saturated rings. The number of nitrogens with one attached hydrogen (secondary N) is 1. The van der Waals surface area contributed by atoms with E-state index in [1.54, 1.807) is 18.2 Å². The molecule has 0 radical (unpaired) electrons. The number of phenols is 1. The lowest BCUT2D eigenvalue weighted by Gasteiger charge is -2.51. The highest BCUT2D eigenvalue weighted by Gasteiger charge is 2.71. The predicted octanol–water partition coefficient (Wildman–Crippen LogP) is 6.52. The molecule has 8 rings (SSSR count). The third kappa shape index (κ3) is 6.36. The number of carbonyl (C=O) groups is 4. The maximum absolute atomic E-state index is 15.5. The largest absolute Gasteiger partial charge is 0.503 e. The second-order valence-electron chi connectivity index (χ2n) is 14.5. The van der Waals surface area contributed by atoms with Gasteiger partial charge in [0, 0.05) is 21.6 Å². The number of carbonyl (C=O) groups excluding carboxylic acids is 4. The molecule has 4 N–H and O–H groups in total. The van der Waals surface area contributed by atoms with E-state index in [2.05, 4.69) is 42.3 Å². The molecule has 4 aliphatic rings. The van der Waals surface area contributed by atoms with Crippen LogP contribution in [0.5, 0.6) is 11.5 Å². The van der Waals surface area contributed by atoms with E-state index in [1.807, 2.05) is 0 Å². The lowest BCUT2D eigenvalue weighted by Crippen LogP contribution is -2.53. The number of halogens is 7. The summed E-state index contributed by atoms with van der Waals surface area (Å²) in [5.41, 5.74) is 0.893. The molecule has 1 saturated carbocycles. The average Bonchev–Trinajstić information content (AvgIpc) is 3.58. The number of benzene rings is 3. The van der Waals surface area contributed by atoms with Crippen molar-refractivity contribution in [3.63, 3.8) is 0 Å². The number of pyridine rings is 1. The monoisotopic (exact) mass is 976 g/mol. The SMILES string of the molecule is COc1cc([C@H]2C3=CC[C@@H]4C(=O)N(c5cccc(B(O)O)c5)C(=O)[C@@H]4[C@@H]3C[C@H]3C(=O)N(Nc4ncc(C(F)(F)F)cc4Cl)C(=O)[C@@]23c2ccc(Cl)cc2)c(Br)c(Br)c1O. The van der Waals surface area contributed by atoms with Gasteiger partial charge in [-0.15, -0.1) is 0 Å². The molecule has 4 aromatic rings. The van der Waals surface area contributed by atoms with Crippen molar-refractivity contribution in [3.8, 4) is 11.5 Å². The number of hydrazine groups is 1. The van der Waals surface area contributed by atoms with Gasteiger partial charge in [-0.2, -0.15) is 18.2 Å². The molecule has 3 heterocycles. The van der Waals surface area contributed by atoms with Crippen LogP contribution in [0.25, 0.3) is 0 Å². The van der Waals surface area contributed by atoms with Crippen LogP contribution in [0.2, 0.25) is 10.0 Å². The molecule has 2 aliphatic heterocycles. The number of anilines is 2. The third-order valence-electron chi connectivity index (χ3n) is 11.7. The van der Waals surface area contributed by atoms with Crippen molar-refractivity contribution < 1.29 is 52.2 Å². The van der Waals surface area contributed by atoms with Gasteiger partial charge in [-0.3, -0.25) is 29.5 Å². The summed E-state index contributed by atoms with van der Waals surface area (Å²) in [6.45, 7) is 0. The lowest BCUT2D eigenvalue weighted by molar-refractivity contribution is -0.139. The van der Waals surface area contributed by atoms with Crippen LogP contribution in [0.3, 0.4) is 0 Å². The number of fused-ring (bicyclic) bond motifs is 4. The van der Waals surface area contributed by atoms with Crippen molar-refractivity contribution in [2.24, 2.45) is 23.7 Å². The minimum atomic E-state index is -4.79. The molecule has 2 aliphatic carbocycles. The number of amides is 4. The fraction of sp³-hybridized carbons (Fsp3) is 0.256. The quantitative estimate of drug-likeness (QED) is 0.0910. The summed E-state index contributed by atoms with van der Waals surface area (Å²) in [4.78, 5) is 64.1. The van der Waals surface area contributed by atoms with E-state index in [0.717, 1.165) is 4.90 Å². The number of rotatable bonds is 7. The van der Waals surface area contributed by atoms with E-state index in [9.17, 15) is 42.7 Å². The summed E-state index contributed by atoms with van der Waals surface area (Å²) in [7, 11) is -0.558. The zero-order chi connectivity index (χ0) is 42.5. The van der Waals surface area contributed by atoms with Gasteiger partial charge in [-0.25, -0.2) is 4.98 Å². The zero-order valence-corrected chi connectivity index (χ0v) is 34.9. The molecule has 1 aromatic heterocycles. The highest BCUT2D eigenvalue weighted by molar-refractivity contribution is 9.13. The number of alkyl halides is 3. The number of allylic oxidation sites excluding steroid dienone is 2. The molecular weight excluding hydrogens is 951 g/mol. The molecule has 0 unspecified atom stereocenters. The first-order valence-electron chi connectivity index (χ1n) is 17.8. The number of imide groups is 2. The first-order valence-corrected chi connectivity index (χ1v) is 20.2. The number of hydrogen-bond donors (Lipinski definition) is 4. The van der Waals surface area contributed by atoms with E-state index in [1.165, 1.54) is 49.6 Å². The summed E-state index contributed by atoms with van der Waals surface area (Å²) in [6, 6.07) is 14.1. The molecule has 6 atom stereocenters. The van der Waals surface area contributed by atoms with Crippen LogP contribution in [0.4, 0.5) is 24.7 Å². The minimum Gasteiger partial charge on any atom is -0.503 e. The molecule has 0 bridgehead atoms. The standard InChI is InChI=1S/C39H28BBr2Cl2F3N4O8/c1-59-27-14-24(30(41)31(42)32(27)52)29-21-9-10-22-28(36(55)50(34(22)53)20-4-2-3-18(12-20)40(57)58)23(21)13-25-35(54)51(37(56)38(25,29)16-5-7-19(43)8-6-16)49-33-26(44)11-17(15-48-33)39(45,46)47/h2-9,11-12,14-15,22-23,25,28-29,52,57-58H,10,13H2,1H3,(H,48,49)/t22-,23+,25-,28-,29+,38+/m0/s1. The second kappa shape index (κ2) is 14.9. The van der Waals surface area contributed by atoms with E-state index in [0.29, 0.717) is 39.0 Å². The third-order valence-corrected chi connectivity index (χ3v) is 14.4. The number of aromatic hydroxyl groups is 1. The van der Waals surface area contributed by atoms with Crippen LogP contribution < -0.4 is 20.5 Å². The highest BCUT2D eigenvalue weighted by Crippen LogP contribution is 2.66. The molecular formula is C39H28BBr2Cl2F3N4O8. The molecule has 4 amide bonds. The van der Waals surface area contributed by atoms with Crippen molar-refractivity contribution in [1.82, 2.24) is 9.99 Å². The molecule has 12 nitrogen and oxygen atoms in total. The summed E-state index contributed by atoms with van der Waals surface area (Å²) >= 11 is 19.7. The Hall–Kier alpha value is -4.46. The lowest BCUT2D eigenvalue weighted by atomic mass is 9.49. The summed E-state index contributed by atoms with van der Waals surface area (Å²) in [6.07, 6.45) is -2.61. The summed E-state index contributed by atoms with van der Waals surface area (Å²) in [5, 5.41) is 31.2. The Bertz CT molecular complexity index is 2510. The van der Waals surface area contributed by atoms with Gasteiger partial charge in [0.1, 0.15) is 0 Å². The summed E-state index contributed by atoms with van der Waals surface area (Å²) < 4.78 is 46.6. The van der Waals surface area contributed by atoms with Crippen molar-refractivity contribution >= 4 is 103 Å². The number of methoxy groups -OCH3 is 1. The Labute approximate surface area is 360 Å². The van der Waals surface area contributed by atoms with Crippen molar-refractivity contribution in [2.75, 3.05) is 17.4 Å². The Morgan fingerprint density at radius 3 is 2.32 bits per heavy atom. The van der Waals surface area contributed by atoms with E-state index in [4.69, 9.17) is 27.9 Å². The van der Waals surface area contributed by atoms with E-state index in [-0.39, 0.29) is 44.4 Å². The van der Waals surface area contributed by atoms with Gasteiger partial charge >= 0.3 is 13.3 Å². The minimum absolute atomic E-state index is 0.00831. The average molecular weight is 979 g/mol. The molecule has 304 valence electrons.